The van der Waals surface area contributed by atoms with E-state index in [0.29, 0.717) is 11.8 Å². The van der Waals surface area contributed by atoms with Gasteiger partial charge in [0.05, 0.1) is 5.92 Å². The SMILES string of the molecule is CCC(C1CCCCC1)C(C)C(=O)O. The van der Waals surface area contributed by atoms with Gasteiger partial charge in [-0.2, -0.15) is 0 Å². The van der Waals surface area contributed by atoms with Crippen molar-refractivity contribution in [1.82, 2.24) is 0 Å². The van der Waals surface area contributed by atoms with Crippen LogP contribution < -0.4 is 0 Å². The van der Waals surface area contributed by atoms with Gasteiger partial charge in [0.25, 0.3) is 0 Å². The summed E-state index contributed by atoms with van der Waals surface area (Å²) in [5.74, 6) is 0.276. The van der Waals surface area contributed by atoms with Crippen LogP contribution in [-0.2, 0) is 4.79 Å². The third kappa shape index (κ3) is 2.73. The lowest BCUT2D eigenvalue weighted by Crippen LogP contribution is -2.28. The molecule has 2 unspecified atom stereocenters. The summed E-state index contributed by atoms with van der Waals surface area (Å²) in [6, 6.07) is 0. The van der Waals surface area contributed by atoms with E-state index in [1.807, 2.05) is 6.92 Å². The Balaban J connectivity index is 2.55. The van der Waals surface area contributed by atoms with Gasteiger partial charge in [0.1, 0.15) is 0 Å². The molecule has 14 heavy (non-hydrogen) atoms. The Bertz CT molecular complexity index is 183. The minimum Gasteiger partial charge on any atom is -0.481 e. The first-order valence-corrected chi connectivity index (χ1v) is 5.89. The van der Waals surface area contributed by atoms with Crippen molar-refractivity contribution < 1.29 is 9.90 Å². The molecule has 0 aromatic rings. The summed E-state index contributed by atoms with van der Waals surface area (Å²) in [7, 11) is 0. The molecule has 1 rings (SSSR count). The lowest BCUT2D eigenvalue weighted by atomic mass is 9.73. The number of aliphatic carboxylic acids is 1. The Morgan fingerprint density at radius 3 is 2.36 bits per heavy atom. The Kier molecular flexibility index (Phi) is 4.43. The summed E-state index contributed by atoms with van der Waals surface area (Å²) in [6.45, 7) is 3.99. The fourth-order valence-electron chi connectivity index (χ4n) is 2.84. The zero-order valence-electron chi connectivity index (χ0n) is 9.33. The standard InChI is InChI=1S/C12H22O2/c1-3-11(9(2)12(13)14)10-7-5-4-6-8-10/h9-11H,3-8H2,1-2H3,(H,13,14). The second kappa shape index (κ2) is 5.38. The molecule has 0 amide bonds. The van der Waals surface area contributed by atoms with Crippen molar-refractivity contribution >= 4 is 5.97 Å². The molecule has 2 heteroatoms. The fourth-order valence-corrected chi connectivity index (χ4v) is 2.84. The van der Waals surface area contributed by atoms with E-state index in [1.165, 1.54) is 32.1 Å². The van der Waals surface area contributed by atoms with Crippen molar-refractivity contribution in [2.24, 2.45) is 17.8 Å². The van der Waals surface area contributed by atoms with Crippen LogP contribution in [0.5, 0.6) is 0 Å². The van der Waals surface area contributed by atoms with Crippen LogP contribution in [0.1, 0.15) is 52.4 Å². The Morgan fingerprint density at radius 2 is 1.93 bits per heavy atom. The highest BCUT2D eigenvalue weighted by Gasteiger charge is 2.30. The maximum atomic E-state index is 10.9. The van der Waals surface area contributed by atoms with Gasteiger partial charge in [-0.15, -0.1) is 0 Å². The van der Waals surface area contributed by atoms with Crippen LogP contribution in [0, 0.1) is 17.8 Å². The number of carbonyl (C=O) groups is 1. The lowest BCUT2D eigenvalue weighted by Gasteiger charge is -2.31. The first-order valence-electron chi connectivity index (χ1n) is 5.89. The topological polar surface area (TPSA) is 37.3 Å². The predicted octanol–water partition coefficient (Wildman–Crippen LogP) is 3.31. The molecule has 0 aromatic carbocycles. The van der Waals surface area contributed by atoms with Crippen LogP contribution in [0.25, 0.3) is 0 Å². The predicted molar refractivity (Wildman–Crippen MR) is 57.2 cm³/mol. The zero-order valence-corrected chi connectivity index (χ0v) is 9.33. The average molecular weight is 198 g/mol. The first-order chi connectivity index (χ1) is 6.66. The first kappa shape index (κ1) is 11.5. The second-order valence-corrected chi connectivity index (χ2v) is 4.60. The summed E-state index contributed by atoms with van der Waals surface area (Å²) < 4.78 is 0. The van der Waals surface area contributed by atoms with Crippen LogP contribution in [0.15, 0.2) is 0 Å². The third-order valence-corrected chi connectivity index (χ3v) is 3.76. The van der Waals surface area contributed by atoms with Crippen molar-refractivity contribution in [2.75, 3.05) is 0 Å². The van der Waals surface area contributed by atoms with Gasteiger partial charge in [-0.3, -0.25) is 4.79 Å². The lowest BCUT2D eigenvalue weighted by molar-refractivity contribution is -0.144. The molecular weight excluding hydrogens is 176 g/mol. The monoisotopic (exact) mass is 198 g/mol. The fraction of sp³-hybridized carbons (Fsp3) is 0.917. The number of hydrogen-bond donors (Lipinski definition) is 1. The second-order valence-electron chi connectivity index (χ2n) is 4.60. The highest BCUT2D eigenvalue weighted by molar-refractivity contribution is 5.69. The van der Waals surface area contributed by atoms with Gasteiger partial charge < -0.3 is 5.11 Å². The highest BCUT2D eigenvalue weighted by Crippen LogP contribution is 2.35. The van der Waals surface area contributed by atoms with Gasteiger partial charge in [0.15, 0.2) is 0 Å². The van der Waals surface area contributed by atoms with E-state index in [9.17, 15) is 4.79 Å². The van der Waals surface area contributed by atoms with E-state index in [4.69, 9.17) is 5.11 Å². The normalized spacial score (nSPS) is 23.0. The molecule has 0 radical (unpaired) electrons. The Labute approximate surface area is 86.7 Å². The highest BCUT2D eigenvalue weighted by atomic mass is 16.4. The van der Waals surface area contributed by atoms with Crippen LogP contribution in [-0.4, -0.2) is 11.1 Å². The molecule has 2 nitrogen and oxygen atoms in total. The maximum Gasteiger partial charge on any atom is 0.306 e. The van der Waals surface area contributed by atoms with Crippen LogP contribution in [0.3, 0.4) is 0 Å². The van der Waals surface area contributed by atoms with Crippen LogP contribution in [0.4, 0.5) is 0 Å². The molecule has 1 aliphatic carbocycles. The van der Waals surface area contributed by atoms with Gasteiger partial charge in [-0.1, -0.05) is 52.4 Å². The zero-order chi connectivity index (χ0) is 10.6. The molecule has 2 atom stereocenters. The van der Waals surface area contributed by atoms with E-state index < -0.39 is 5.97 Å². The Hall–Kier alpha value is -0.530. The third-order valence-electron chi connectivity index (χ3n) is 3.76. The quantitative estimate of drug-likeness (QED) is 0.752. The number of carboxylic acid groups (broad SMARTS) is 1. The molecule has 1 N–H and O–H groups in total. The van der Waals surface area contributed by atoms with Crippen LogP contribution >= 0.6 is 0 Å². The van der Waals surface area contributed by atoms with E-state index in [-0.39, 0.29) is 5.92 Å². The minimum absolute atomic E-state index is 0.164. The smallest absolute Gasteiger partial charge is 0.306 e. The molecule has 0 aromatic heterocycles. The van der Waals surface area contributed by atoms with E-state index in [1.54, 1.807) is 0 Å². The molecule has 1 aliphatic rings. The molecule has 0 saturated heterocycles. The van der Waals surface area contributed by atoms with Crippen molar-refractivity contribution in [1.29, 1.82) is 0 Å². The molecule has 0 bridgehead atoms. The summed E-state index contributed by atoms with van der Waals surface area (Å²) in [4.78, 5) is 10.9. The van der Waals surface area contributed by atoms with Crippen molar-refractivity contribution in [2.45, 2.75) is 52.4 Å². The van der Waals surface area contributed by atoms with Gasteiger partial charge in [0, 0.05) is 0 Å². The molecular formula is C12H22O2. The minimum atomic E-state index is -0.623. The number of hydrogen-bond acceptors (Lipinski definition) is 1. The van der Waals surface area contributed by atoms with Gasteiger partial charge in [0.2, 0.25) is 0 Å². The van der Waals surface area contributed by atoms with E-state index >= 15 is 0 Å². The van der Waals surface area contributed by atoms with E-state index in [0.717, 1.165) is 6.42 Å². The van der Waals surface area contributed by atoms with Crippen molar-refractivity contribution in [3.05, 3.63) is 0 Å². The molecule has 1 saturated carbocycles. The van der Waals surface area contributed by atoms with E-state index in [2.05, 4.69) is 6.92 Å². The van der Waals surface area contributed by atoms with Crippen LogP contribution in [0.2, 0.25) is 0 Å². The van der Waals surface area contributed by atoms with Crippen molar-refractivity contribution in [3.63, 3.8) is 0 Å². The molecule has 82 valence electrons. The molecule has 0 aliphatic heterocycles. The summed E-state index contributed by atoms with van der Waals surface area (Å²) in [5.41, 5.74) is 0. The van der Waals surface area contributed by atoms with Gasteiger partial charge >= 0.3 is 5.97 Å². The summed E-state index contributed by atoms with van der Waals surface area (Å²) >= 11 is 0. The molecule has 1 fully saturated rings. The summed E-state index contributed by atoms with van der Waals surface area (Å²) in [5, 5.41) is 9.01. The Morgan fingerprint density at radius 1 is 1.36 bits per heavy atom. The molecule has 0 heterocycles. The van der Waals surface area contributed by atoms with Gasteiger partial charge in [-0.05, 0) is 11.8 Å². The van der Waals surface area contributed by atoms with Gasteiger partial charge in [-0.25, -0.2) is 0 Å². The summed E-state index contributed by atoms with van der Waals surface area (Å²) in [6.07, 6.45) is 7.44. The largest absolute Gasteiger partial charge is 0.481 e. The molecule has 0 spiro atoms. The van der Waals surface area contributed by atoms with Crippen molar-refractivity contribution in [3.8, 4) is 0 Å². The maximum absolute atomic E-state index is 10.9. The average Bonchev–Trinajstić information content (AvgIpc) is 2.20. The number of rotatable bonds is 4. The number of carboxylic acids is 1.